The third-order valence-corrected chi connectivity index (χ3v) is 1.29. The highest BCUT2D eigenvalue weighted by Crippen LogP contribution is 2.03. The summed E-state index contributed by atoms with van der Waals surface area (Å²) in [6.45, 7) is 0.396. The first-order chi connectivity index (χ1) is 5.39. The number of likely N-dealkylation sites (N-methyl/N-ethyl adjacent to an activating group) is 2. The van der Waals surface area contributed by atoms with Crippen LogP contribution in [0.5, 0.6) is 0 Å². The zero-order chi connectivity index (χ0) is 9.78. The van der Waals surface area contributed by atoms with Gasteiger partial charge in [0.1, 0.15) is 0 Å². The fourth-order valence-electron chi connectivity index (χ4n) is 0.597. The Morgan fingerprint density at radius 1 is 1.50 bits per heavy atom. The molecule has 0 aliphatic carbocycles. The Labute approximate surface area is 68.5 Å². The monoisotopic (exact) mass is 187 g/mol. The largest absolute Gasteiger partial charge is 0.606 e. The number of rotatable bonds is 4. The summed E-state index contributed by atoms with van der Waals surface area (Å²) in [4.78, 5) is 0. The zero-order valence-corrected chi connectivity index (χ0v) is 6.90. The van der Waals surface area contributed by atoms with Crippen LogP contribution in [0.3, 0.4) is 0 Å². The number of nitrogens with one attached hydrogen (secondary N) is 2. The van der Waals surface area contributed by atoms with E-state index in [1.54, 1.807) is 7.05 Å². The van der Waals surface area contributed by atoms with Crippen molar-refractivity contribution in [2.75, 3.05) is 27.2 Å². The molecule has 0 spiro atoms. The van der Waals surface area contributed by atoms with Crippen LogP contribution in [0.15, 0.2) is 0 Å². The SMILES string of the molecule is CNCCN(C)[NH+]([O-])C(F)(F)F. The maximum atomic E-state index is 11.7. The molecule has 74 valence electrons. The van der Waals surface area contributed by atoms with Crippen molar-refractivity contribution >= 4 is 0 Å². The van der Waals surface area contributed by atoms with E-state index in [1.807, 2.05) is 0 Å². The van der Waals surface area contributed by atoms with Crippen molar-refractivity contribution in [3.8, 4) is 0 Å². The fourth-order valence-corrected chi connectivity index (χ4v) is 0.597. The smallest absolute Gasteiger partial charge is 0.578 e. The first-order valence-electron chi connectivity index (χ1n) is 3.36. The van der Waals surface area contributed by atoms with Crippen LogP contribution in [-0.2, 0) is 0 Å². The van der Waals surface area contributed by atoms with Gasteiger partial charge in [0.25, 0.3) is 0 Å². The molecule has 0 amide bonds. The Hall–Kier alpha value is -0.370. The van der Waals surface area contributed by atoms with Crippen LogP contribution >= 0.6 is 0 Å². The predicted molar refractivity (Wildman–Crippen MR) is 36.9 cm³/mol. The normalized spacial score (nSPS) is 15.2. The average molecular weight is 187 g/mol. The van der Waals surface area contributed by atoms with Gasteiger partial charge in [0.05, 0.1) is 6.54 Å². The standard InChI is InChI=1S/C5H12F3N3O/c1-9-3-4-10(2)11(12)5(6,7)8/h9,11H,3-4H2,1-2H3. The van der Waals surface area contributed by atoms with Gasteiger partial charge in [0.15, 0.2) is 0 Å². The number of halogens is 3. The highest BCUT2D eigenvalue weighted by Gasteiger charge is 2.40. The molecule has 12 heavy (non-hydrogen) atoms. The van der Waals surface area contributed by atoms with Crippen molar-refractivity contribution in [1.29, 1.82) is 0 Å². The van der Waals surface area contributed by atoms with E-state index in [0.717, 1.165) is 7.05 Å². The number of nitrogens with zero attached hydrogens (tertiary/aromatic N) is 1. The first-order valence-corrected chi connectivity index (χ1v) is 3.36. The first kappa shape index (κ1) is 11.6. The van der Waals surface area contributed by atoms with Crippen LogP contribution in [0.2, 0.25) is 0 Å². The molecule has 0 aromatic rings. The molecule has 0 bridgehead atoms. The van der Waals surface area contributed by atoms with E-state index in [-0.39, 0.29) is 6.54 Å². The third kappa shape index (κ3) is 3.86. The van der Waals surface area contributed by atoms with Crippen molar-refractivity contribution < 1.29 is 18.3 Å². The van der Waals surface area contributed by atoms with E-state index in [0.29, 0.717) is 11.6 Å². The lowest BCUT2D eigenvalue weighted by Crippen LogP contribution is -3.19. The second-order valence-corrected chi connectivity index (χ2v) is 2.33. The molecule has 4 nitrogen and oxygen atoms in total. The van der Waals surface area contributed by atoms with Crippen LogP contribution in [-0.4, -0.2) is 38.5 Å². The summed E-state index contributed by atoms with van der Waals surface area (Å²) < 4.78 is 35.1. The summed E-state index contributed by atoms with van der Waals surface area (Å²) in [5, 5.41) is 11.9. The van der Waals surface area contributed by atoms with Crippen molar-refractivity contribution in [1.82, 2.24) is 10.3 Å². The second kappa shape index (κ2) is 4.61. The highest BCUT2D eigenvalue weighted by molar-refractivity contribution is 4.41. The summed E-state index contributed by atoms with van der Waals surface area (Å²) in [6, 6.07) is 0. The van der Waals surface area contributed by atoms with Gasteiger partial charge in [0, 0.05) is 13.6 Å². The topological polar surface area (TPSA) is 42.8 Å². The molecular weight excluding hydrogens is 175 g/mol. The van der Waals surface area contributed by atoms with E-state index >= 15 is 0 Å². The lowest BCUT2D eigenvalue weighted by Gasteiger charge is -2.30. The Balaban J connectivity index is 3.84. The predicted octanol–water partition coefficient (Wildman–Crippen LogP) is -1.04. The van der Waals surface area contributed by atoms with Crippen LogP contribution in [0, 0.1) is 5.21 Å². The van der Waals surface area contributed by atoms with Gasteiger partial charge in [-0.1, -0.05) is 0 Å². The summed E-state index contributed by atoms with van der Waals surface area (Å²) in [6.07, 6.45) is -4.76. The van der Waals surface area contributed by atoms with Gasteiger partial charge in [-0.15, -0.1) is 13.2 Å². The van der Waals surface area contributed by atoms with Crippen molar-refractivity contribution in [3.05, 3.63) is 5.21 Å². The van der Waals surface area contributed by atoms with Gasteiger partial charge in [-0.05, 0) is 7.05 Å². The summed E-state index contributed by atoms with van der Waals surface area (Å²) >= 11 is 0. The van der Waals surface area contributed by atoms with E-state index in [9.17, 15) is 18.4 Å². The van der Waals surface area contributed by atoms with Gasteiger partial charge in [-0.2, -0.15) is 10.2 Å². The van der Waals surface area contributed by atoms with Gasteiger partial charge in [-0.25, -0.2) is 0 Å². The third-order valence-electron chi connectivity index (χ3n) is 1.29. The van der Waals surface area contributed by atoms with Crippen molar-refractivity contribution in [2.45, 2.75) is 6.30 Å². The molecule has 0 saturated carbocycles. The molecule has 0 rings (SSSR count). The van der Waals surface area contributed by atoms with Crippen LogP contribution in [0.4, 0.5) is 13.2 Å². The lowest BCUT2D eigenvalue weighted by atomic mass is 10.6. The average Bonchev–Trinajstić information content (AvgIpc) is 1.97. The molecule has 2 N–H and O–H groups in total. The number of quaternary nitrogens is 1. The Kier molecular flexibility index (Phi) is 4.46. The van der Waals surface area contributed by atoms with Crippen LogP contribution < -0.4 is 10.5 Å². The van der Waals surface area contributed by atoms with Gasteiger partial charge < -0.3 is 10.5 Å². The van der Waals surface area contributed by atoms with Gasteiger partial charge in [0.2, 0.25) is 0 Å². The molecule has 1 unspecified atom stereocenters. The molecule has 0 heterocycles. The summed E-state index contributed by atoms with van der Waals surface area (Å²) in [7, 11) is 2.72. The zero-order valence-electron chi connectivity index (χ0n) is 6.90. The minimum Gasteiger partial charge on any atom is -0.606 e. The lowest BCUT2D eigenvalue weighted by molar-refractivity contribution is -1.06. The number of hydroxylamine groups is 1. The minimum absolute atomic E-state index is 0.0504. The van der Waals surface area contributed by atoms with Crippen LogP contribution in [0.25, 0.3) is 0 Å². The van der Waals surface area contributed by atoms with Gasteiger partial charge >= 0.3 is 6.30 Å². The van der Waals surface area contributed by atoms with E-state index in [4.69, 9.17) is 0 Å². The molecule has 1 atom stereocenters. The Morgan fingerprint density at radius 2 is 2.00 bits per heavy atom. The molecule has 0 fully saturated rings. The molecule has 0 aromatic heterocycles. The quantitative estimate of drug-likeness (QED) is 0.436. The number of hydrogen-bond acceptors (Lipinski definition) is 3. The highest BCUT2D eigenvalue weighted by atomic mass is 19.4. The van der Waals surface area contributed by atoms with E-state index in [1.165, 1.54) is 0 Å². The fraction of sp³-hybridized carbons (Fsp3) is 1.00. The summed E-state index contributed by atoms with van der Waals surface area (Å²) in [5.41, 5.74) is 0. The van der Waals surface area contributed by atoms with Crippen LogP contribution in [0.1, 0.15) is 0 Å². The van der Waals surface area contributed by atoms with E-state index in [2.05, 4.69) is 5.32 Å². The Morgan fingerprint density at radius 3 is 2.33 bits per heavy atom. The Bertz CT molecular complexity index is 130. The maximum Gasteiger partial charge on any atom is 0.578 e. The van der Waals surface area contributed by atoms with Gasteiger partial charge in [-0.3, -0.25) is 0 Å². The maximum absolute atomic E-state index is 11.7. The molecule has 0 aromatic carbocycles. The van der Waals surface area contributed by atoms with Crippen molar-refractivity contribution in [2.24, 2.45) is 0 Å². The molecule has 0 aliphatic heterocycles. The summed E-state index contributed by atoms with van der Waals surface area (Å²) in [5.74, 6) is 0. The minimum atomic E-state index is -4.76. The molecule has 0 radical (unpaired) electrons. The number of alkyl halides is 3. The second-order valence-electron chi connectivity index (χ2n) is 2.33. The molecular formula is C5H12F3N3O. The van der Waals surface area contributed by atoms with Crippen molar-refractivity contribution in [3.63, 3.8) is 0 Å². The molecule has 0 saturated heterocycles. The number of hydrogen-bond donors (Lipinski definition) is 2. The molecule has 7 heteroatoms. The van der Waals surface area contributed by atoms with E-state index < -0.39 is 11.5 Å². The molecule has 0 aliphatic rings.